The van der Waals surface area contributed by atoms with Gasteiger partial charge in [0.2, 0.25) is 0 Å². The Morgan fingerprint density at radius 2 is 2.29 bits per heavy atom. The highest BCUT2D eigenvalue weighted by Gasteiger charge is 2.15. The van der Waals surface area contributed by atoms with Gasteiger partial charge in [0, 0.05) is 32.1 Å². The lowest BCUT2D eigenvalue weighted by molar-refractivity contribution is 0.735. The van der Waals surface area contributed by atoms with Crippen LogP contribution in [0.15, 0.2) is 6.20 Å². The number of nitrogens with zero attached hydrogens (tertiary/aromatic N) is 3. The molecule has 0 unspecified atom stereocenters. The molecule has 1 aromatic heterocycles. The van der Waals surface area contributed by atoms with Crippen LogP contribution in [0.3, 0.4) is 0 Å². The Balaban J connectivity index is 2.15. The van der Waals surface area contributed by atoms with Crippen molar-refractivity contribution in [2.24, 2.45) is 7.05 Å². The van der Waals surface area contributed by atoms with E-state index in [2.05, 4.69) is 10.00 Å². The molecule has 4 nitrogen and oxygen atoms in total. The Kier molecular flexibility index (Phi) is 2.86. The van der Waals surface area contributed by atoms with E-state index in [0.717, 1.165) is 24.6 Å². The van der Waals surface area contributed by atoms with Crippen molar-refractivity contribution < 1.29 is 0 Å². The van der Waals surface area contributed by atoms with Crippen LogP contribution in [0.5, 0.6) is 0 Å². The molecule has 1 aliphatic heterocycles. The first-order valence-electron chi connectivity index (χ1n) is 4.89. The number of aromatic nitrogens is 2. The normalized spacial score (nSPS) is 18.2. The third-order valence-electron chi connectivity index (χ3n) is 2.36. The summed E-state index contributed by atoms with van der Waals surface area (Å²) in [4.78, 5) is 2.29. The molecule has 0 bridgehead atoms. The van der Waals surface area contributed by atoms with Crippen LogP contribution in [-0.4, -0.2) is 34.4 Å². The Labute approximate surface area is 88.4 Å². The first kappa shape index (κ1) is 9.71. The van der Waals surface area contributed by atoms with Crippen LogP contribution >= 0.6 is 11.8 Å². The van der Waals surface area contributed by atoms with E-state index >= 15 is 0 Å². The molecule has 0 spiro atoms. The molecule has 0 aromatic carbocycles. The Morgan fingerprint density at radius 1 is 1.43 bits per heavy atom. The predicted octanol–water partition coefficient (Wildman–Crippen LogP) is 0.946. The van der Waals surface area contributed by atoms with Crippen LogP contribution in [0.4, 0.5) is 11.5 Å². The largest absolute Gasteiger partial charge is 0.394 e. The zero-order valence-electron chi connectivity index (χ0n) is 8.44. The van der Waals surface area contributed by atoms with Crippen LogP contribution in [0, 0.1) is 0 Å². The van der Waals surface area contributed by atoms with Crippen LogP contribution in [0.1, 0.15) is 6.42 Å². The quantitative estimate of drug-likeness (QED) is 0.753. The Morgan fingerprint density at radius 3 is 3.00 bits per heavy atom. The summed E-state index contributed by atoms with van der Waals surface area (Å²) in [6.45, 7) is 2.14. The summed E-state index contributed by atoms with van der Waals surface area (Å²) in [5.41, 5.74) is 6.68. The first-order chi connectivity index (χ1) is 6.77. The molecule has 1 aliphatic rings. The second kappa shape index (κ2) is 4.13. The molecule has 78 valence electrons. The van der Waals surface area contributed by atoms with Gasteiger partial charge in [-0.3, -0.25) is 4.68 Å². The van der Waals surface area contributed by atoms with E-state index in [1.165, 1.54) is 17.9 Å². The topological polar surface area (TPSA) is 47.1 Å². The van der Waals surface area contributed by atoms with E-state index in [4.69, 9.17) is 5.73 Å². The zero-order valence-corrected chi connectivity index (χ0v) is 9.26. The van der Waals surface area contributed by atoms with E-state index < -0.39 is 0 Å². The van der Waals surface area contributed by atoms with E-state index in [9.17, 15) is 0 Å². The minimum absolute atomic E-state index is 0.791. The van der Waals surface area contributed by atoms with Gasteiger partial charge in [-0.1, -0.05) is 0 Å². The van der Waals surface area contributed by atoms with Crippen molar-refractivity contribution in [3.63, 3.8) is 0 Å². The third kappa shape index (κ3) is 1.97. The monoisotopic (exact) mass is 212 g/mol. The van der Waals surface area contributed by atoms with Gasteiger partial charge >= 0.3 is 0 Å². The number of anilines is 2. The van der Waals surface area contributed by atoms with Gasteiger partial charge in [0.15, 0.2) is 5.82 Å². The van der Waals surface area contributed by atoms with Gasteiger partial charge in [-0.15, -0.1) is 0 Å². The summed E-state index contributed by atoms with van der Waals surface area (Å²) >= 11 is 2.01. The summed E-state index contributed by atoms with van der Waals surface area (Å²) < 4.78 is 1.78. The molecule has 0 aliphatic carbocycles. The lowest BCUT2D eigenvalue weighted by Gasteiger charge is -2.19. The molecule has 0 radical (unpaired) electrons. The lowest BCUT2D eigenvalue weighted by atomic mass is 10.4. The SMILES string of the molecule is Cn1cc(N)c(N2CCCSCC2)n1. The maximum atomic E-state index is 5.89. The van der Waals surface area contributed by atoms with Gasteiger partial charge in [0.05, 0.1) is 5.69 Å². The molecule has 0 saturated carbocycles. The number of nitrogen functional groups attached to an aromatic ring is 1. The third-order valence-corrected chi connectivity index (χ3v) is 3.41. The van der Waals surface area contributed by atoms with Crippen LogP contribution in [0.25, 0.3) is 0 Å². The average molecular weight is 212 g/mol. The van der Waals surface area contributed by atoms with Crippen molar-refractivity contribution in [3.05, 3.63) is 6.20 Å². The summed E-state index contributed by atoms with van der Waals surface area (Å²) in [6.07, 6.45) is 3.09. The molecule has 2 rings (SSSR count). The minimum atomic E-state index is 0.791. The zero-order chi connectivity index (χ0) is 9.97. The first-order valence-corrected chi connectivity index (χ1v) is 6.04. The van der Waals surface area contributed by atoms with E-state index in [1.54, 1.807) is 4.68 Å². The van der Waals surface area contributed by atoms with Gasteiger partial charge in [-0.05, 0) is 12.2 Å². The van der Waals surface area contributed by atoms with Crippen molar-refractivity contribution in [3.8, 4) is 0 Å². The van der Waals surface area contributed by atoms with Gasteiger partial charge < -0.3 is 10.6 Å². The molecular formula is C9H16N4S. The minimum Gasteiger partial charge on any atom is -0.394 e. The highest BCUT2D eigenvalue weighted by molar-refractivity contribution is 7.99. The second-order valence-electron chi connectivity index (χ2n) is 3.53. The highest BCUT2D eigenvalue weighted by Crippen LogP contribution is 2.22. The van der Waals surface area contributed by atoms with Crippen molar-refractivity contribution >= 4 is 23.3 Å². The molecule has 0 atom stereocenters. The van der Waals surface area contributed by atoms with Crippen LogP contribution < -0.4 is 10.6 Å². The maximum absolute atomic E-state index is 5.89. The fourth-order valence-electron chi connectivity index (χ4n) is 1.70. The molecule has 1 saturated heterocycles. The summed E-state index contributed by atoms with van der Waals surface area (Å²) in [5.74, 6) is 3.38. The number of nitrogens with two attached hydrogens (primary N) is 1. The second-order valence-corrected chi connectivity index (χ2v) is 4.76. The van der Waals surface area contributed by atoms with E-state index in [1.807, 2.05) is 25.0 Å². The van der Waals surface area contributed by atoms with E-state index in [-0.39, 0.29) is 0 Å². The van der Waals surface area contributed by atoms with Crippen LogP contribution in [-0.2, 0) is 7.05 Å². The summed E-state index contributed by atoms with van der Waals surface area (Å²) in [7, 11) is 1.91. The molecule has 5 heteroatoms. The number of hydrogen-bond acceptors (Lipinski definition) is 4. The fourth-order valence-corrected chi connectivity index (χ4v) is 2.59. The molecule has 14 heavy (non-hydrogen) atoms. The molecule has 0 amide bonds. The van der Waals surface area contributed by atoms with Gasteiger partial charge in [-0.2, -0.15) is 16.9 Å². The predicted molar refractivity (Wildman–Crippen MR) is 61.8 cm³/mol. The molecule has 2 N–H and O–H groups in total. The standard InChI is InChI=1S/C9H16N4S/c1-12-7-8(10)9(11-12)13-3-2-5-14-6-4-13/h7H,2-6,10H2,1H3. The molecule has 1 fully saturated rings. The highest BCUT2D eigenvalue weighted by atomic mass is 32.2. The Hall–Kier alpha value is -0.840. The van der Waals surface area contributed by atoms with E-state index in [0.29, 0.717) is 0 Å². The molecular weight excluding hydrogens is 196 g/mol. The Bertz CT molecular complexity index is 302. The van der Waals surface area contributed by atoms with Gasteiger partial charge in [0.25, 0.3) is 0 Å². The van der Waals surface area contributed by atoms with Gasteiger partial charge in [-0.25, -0.2) is 0 Å². The van der Waals surface area contributed by atoms with Crippen molar-refractivity contribution in [1.29, 1.82) is 0 Å². The van der Waals surface area contributed by atoms with Crippen LogP contribution in [0.2, 0.25) is 0 Å². The summed E-state index contributed by atoms with van der Waals surface area (Å²) in [5, 5.41) is 4.38. The number of rotatable bonds is 1. The smallest absolute Gasteiger partial charge is 0.173 e. The van der Waals surface area contributed by atoms with Gasteiger partial charge in [0.1, 0.15) is 0 Å². The average Bonchev–Trinajstić information content (AvgIpc) is 2.43. The fraction of sp³-hybridized carbons (Fsp3) is 0.667. The lowest BCUT2D eigenvalue weighted by Crippen LogP contribution is -2.26. The molecule has 2 heterocycles. The summed E-state index contributed by atoms with van der Waals surface area (Å²) in [6, 6.07) is 0. The van der Waals surface area contributed by atoms with Crippen molar-refractivity contribution in [2.45, 2.75) is 6.42 Å². The number of aryl methyl sites for hydroxylation is 1. The number of hydrogen-bond donors (Lipinski definition) is 1. The van der Waals surface area contributed by atoms with Crippen molar-refractivity contribution in [1.82, 2.24) is 9.78 Å². The van der Waals surface area contributed by atoms with Crippen molar-refractivity contribution in [2.75, 3.05) is 35.2 Å². The molecule has 1 aromatic rings. The number of thioether (sulfide) groups is 1. The maximum Gasteiger partial charge on any atom is 0.173 e.